The second-order valence-corrected chi connectivity index (χ2v) is 9.44. The highest BCUT2D eigenvalue weighted by molar-refractivity contribution is 6.01. The number of carbonyl (C=O) groups excluding carboxylic acids is 2. The predicted molar refractivity (Wildman–Crippen MR) is 105 cm³/mol. The molecule has 3 fully saturated rings. The number of fused-ring (bicyclic) bond motifs is 5. The maximum atomic E-state index is 12.5. The predicted octanol–water partition coefficient (Wildman–Crippen LogP) is 3.30. The van der Waals surface area contributed by atoms with Crippen molar-refractivity contribution in [3.63, 3.8) is 0 Å². The summed E-state index contributed by atoms with van der Waals surface area (Å²) < 4.78 is 0. The lowest BCUT2D eigenvalue weighted by Crippen LogP contribution is -2.61. The monoisotopic (exact) mass is 371 g/mol. The summed E-state index contributed by atoms with van der Waals surface area (Å²) in [5.41, 5.74) is 0.961. The second kappa shape index (κ2) is 6.97. The normalized spacial score (nSPS) is 43.7. The number of aliphatic hydroxyl groups is 1. The van der Waals surface area contributed by atoms with Crippen molar-refractivity contribution in [3.05, 3.63) is 23.8 Å². The Morgan fingerprint density at radius 3 is 2.89 bits per heavy atom. The maximum absolute atomic E-state index is 12.5. The van der Waals surface area contributed by atoms with Gasteiger partial charge in [-0.3, -0.25) is 14.5 Å². The molecular formula is C23H33NO3. The van der Waals surface area contributed by atoms with Gasteiger partial charge in [-0.1, -0.05) is 38.3 Å². The number of piperidine rings is 1. The van der Waals surface area contributed by atoms with Crippen molar-refractivity contribution >= 4 is 11.6 Å². The molecule has 4 heteroatoms. The van der Waals surface area contributed by atoms with Gasteiger partial charge in [0, 0.05) is 23.9 Å². The molecule has 0 aromatic rings. The van der Waals surface area contributed by atoms with E-state index < -0.39 is 6.10 Å². The van der Waals surface area contributed by atoms with Crippen molar-refractivity contribution in [3.8, 4) is 0 Å². The summed E-state index contributed by atoms with van der Waals surface area (Å²) >= 11 is 0. The Labute approximate surface area is 162 Å². The zero-order chi connectivity index (χ0) is 19.3. The first-order valence-corrected chi connectivity index (χ1v) is 10.7. The molecule has 2 heterocycles. The molecule has 4 aliphatic rings. The van der Waals surface area contributed by atoms with E-state index in [-0.39, 0.29) is 28.9 Å². The molecule has 2 aliphatic carbocycles. The van der Waals surface area contributed by atoms with Crippen LogP contribution >= 0.6 is 0 Å². The summed E-state index contributed by atoms with van der Waals surface area (Å²) in [7, 11) is 0. The van der Waals surface area contributed by atoms with Crippen molar-refractivity contribution in [2.24, 2.45) is 23.2 Å². The van der Waals surface area contributed by atoms with Crippen LogP contribution in [0.5, 0.6) is 0 Å². The molecule has 4 rings (SSSR count). The van der Waals surface area contributed by atoms with Crippen molar-refractivity contribution in [1.82, 2.24) is 4.90 Å². The van der Waals surface area contributed by atoms with Crippen molar-refractivity contribution in [2.45, 2.75) is 77.5 Å². The first-order valence-electron chi connectivity index (χ1n) is 10.7. The molecule has 4 nitrogen and oxygen atoms in total. The van der Waals surface area contributed by atoms with Crippen LogP contribution in [0.25, 0.3) is 0 Å². The first-order chi connectivity index (χ1) is 12.9. The Hall–Kier alpha value is -1.26. The average molecular weight is 372 g/mol. The van der Waals surface area contributed by atoms with Crippen LogP contribution in [-0.2, 0) is 9.59 Å². The number of aliphatic hydroxyl groups excluding tert-OH is 1. The van der Waals surface area contributed by atoms with Crippen LogP contribution in [0.1, 0.15) is 59.3 Å². The standard InChI is InChI=1S/C23H33NO3/c1-4-5-6-15-11-19-18-8-7-16-12-17(26)9-10-23(16,3)21(18)20(27)13-24(19)22(15)14(2)25/h9-10,12,15,18-22,27H,4-8,11,13H2,1-3H3. The summed E-state index contributed by atoms with van der Waals surface area (Å²) in [6.45, 7) is 6.72. The molecule has 0 spiro atoms. The van der Waals surface area contributed by atoms with E-state index in [2.05, 4.69) is 18.7 Å². The van der Waals surface area contributed by atoms with E-state index in [0.29, 0.717) is 24.4 Å². The Bertz CT molecular complexity index is 696. The Morgan fingerprint density at radius 1 is 1.41 bits per heavy atom. The van der Waals surface area contributed by atoms with Crippen LogP contribution in [-0.4, -0.2) is 46.3 Å². The molecule has 0 aromatic carbocycles. The molecule has 2 saturated heterocycles. The molecule has 0 amide bonds. The fourth-order valence-electron chi connectivity index (χ4n) is 6.83. The minimum Gasteiger partial charge on any atom is -0.391 e. The quantitative estimate of drug-likeness (QED) is 0.824. The van der Waals surface area contributed by atoms with Gasteiger partial charge in [0.15, 0.2) is 5.78 Å². The SMILES string of the molecule is CCCCC1CC2C3CCC4=CC(=O)C=CC4(C)C3C(O)CN2C1C(C)=O. The lowest BCUT2D eigenvalue weighted by molar-refractivity contribution is -0.129. The number of Topliss-reactive ketones (excluding diaryl/α,β-unsaturated/α-hetero) is 1. The highest BCUT2D eigenvalue weighted by Crippen LogP contribution is 2.57. The number of ketones is 2. The lowest BCUT2D eigenvalue weighted by Gasteiger charge is -2.56. The highest BCUT2D eigenvalue weighted by atomic mass is 16.3. The number of hydrogen-bond donors (Lipinski definition) is 1. The van der Waals surface area contributed by atoms with Crippen molar-refractivity contribution in [2.75, 3.05) is 6.54 Å². The zero-order valence-corrected chi connectivity index (χ0v) is 16.9. The molecule has 0 bridgehead atoms. The van der Waals surface area contributed by atoms with Crippen LogP contribution in [0.4, 0.5) is 0 Å². The largest absolute Gasteiger partial charge is 0.391 e. The van der Waals surface area contributed by atoms with Crippen LogP contribution < -0.4 is 0 Å². The van der Waals surface area contributed by atoms with Crippen LogP contribution in [0.2, 0.25) is 0 Å². The zero-order valence-electron chi connectivity index (χ0n) is 16.9. The minimum absolute atomic E-state index is 0.0228. The number of unbranched alkanes of at least 4 members (excludes halogenated alkanes) is 1. The Kier molecular flexibility index (Phi) is 4.92. The van der Waals surface area contributed by atoms with Crippen molar-refractivity contribution in [1.29, 1.82) is 0 Å². The van der Waals surface area contributed by atoms with Gasteiger partial charge >= 0.3 is 0 Å². The van der Waals surface area contributed by atoms with Gasteiger partial charge in [-0.25, -0.2) is 0 Å². The van der Waals surface area contributed by atoms with E-state index in [1.807, 2.05) is 6.08 Å². The molecule has 148 valence electrons. The molecule has 0 aromatic heterocycles. The van der Waals surface area contributed by atoms with E-state index in [1.54, 1.807) is 19.1 Å². The summed E-state index contributed by atoms with van der Waals surface area (Å²) in [6.07, 6.45) is 11.5. The molecule has 27 heavy (non-hydrogen) atoms. The van der Waals surface area contributed by atoms with E-state index in [0.717, 1.165) is 32.1 Å². The fourth-order valence-corrected chi connectivity index (χ4v) is 6.83. The summed E-state index contributed by atoms with van der Waals surface area (Å²) in [5, 5.41) is 11.2. The second-order valence-electron chi connectivity index (χ2n) is 9.44. The van der Waals surface area contributed by atoms with Crippen LogP contribution in [0, 0.1) is 23.2 Å². The van der Waals surface area contributed by atoms with E-state index in [1.165, 1.54) is 12.0 Å². The maximum Gasteiger partial charge on any atom is 0.178 e. The van der Waals surface area contributed by atoms with Gasteiger partial charge < -0.3 is 5.11 Å². The third-order valence-corrected chi connectivity index (χ3v) is 7.93. The van der Waals surface area contributed by atoms with Gasteiger partial charge in [0.05, 0.1) is 12.1 Å². The molecule has 2 aliphatic heterocycles. The first kappa shape index (κ1) is 19.1. The summed E-state index contributed by atoms with van der Waals surface area (Å²) in [6, 6.07) is 0.365. The molecule has 1 N–H and O–H groups in total. The third kappa shape index (κ3) is 2.96. The van der Waals surface area contributed by atoms with Gasteiger partial charge in [-0.05, 0) is 56.6 Å². The average Bonchev–Trinajstić information content (AvgIpc) is 2.98. The molecule has 0 radical (unpaired) electrons. The van der Waals surface area contributed by atoms with Crippen LogP contribution in [0.3, 0.4) is 0 Å². The number of hydrogen-bond acceptors (Lipinski definition) is 4. The summed E-state index contributed by atoms with van der Waals surface area (Å²) in [4.78, 5) is 26.7. The Morgan fingerprint density at radius 2 is 2.19 bits per heavy atom. The van der Waals surface area contributed by atoms with E-state index >= 15 is 0 Å². The van der Waals surface area contributed by atoms with Crippen molar-refractivity contribution < 1.29 is 14.7 Å². The number of allylic oxidation sites excluding steroid dienone is 4. The van der Waals surface area contributed by atoms with Crippen LogP contribution in [0.15, 0.2) is 23.8 Å². The van der Waals surface area contributed by atoms with Gasteiger partial charge in [0.2, 0.25) is 0 Å². The Balaban J connectivity index is 1.65. The minimum atomic E-state index is -0.454. The molecular weight excluding hydrogens is 338 g/mol. The summed E-state index contributed by atoms with van der Waals surface area (Å²) in [5.74, 6) is 1.29. The number of nitrogens with zero attached hydrogens (tertiary/aromatic N) is 1. The number of rotatable bonds is 4. The highest BCUT2D eigenvalue weighted by Gasteiger charge is 2.58. The smallest absolute Gasteiger partial charge is 0.178 e. The fraction of sp³-hybridized carbons (Fsp3) is 0.739. The molecule has 7 unspecified atom stereocenters. The molecule has 1 saturated carbocycles. The van der Waals surface area contributed by atoms with Gasteiger partial charge in [-0.15, -0.1) is 0 Å². The van der Waals surface area contributed by atoms with Gasteiger partial charge in [-0.2, -0.15) is 0 Å². The van der Waals surface area contributed by atoms with Gasteiger partial charge in [0.25, 0.3) is 0 Å². The lowest BCUT2D eigenvalue weighted by atomic mass is 9.54. The van der Waals surface area contributed by atoms with Gasteiger partial charge in [0.1, 0.15) is 5.78 Å². The topological polar surface area (TPSA) is 57.6 Å². The molecule has 7 atom stereocenters. The third-order valence-electron chi connectivity index (χ3n) is 7.93. The van der Waals surface area contributed by atoms with E-state index in [4.69, 9.17) is 0 Å². The van der Waals surface area contributed by atoms with E-state index in [9.17, 15) is 14.7 Å². The number of carbonyl (C=O) groups is 2.